The molecule has 1 nitrogen and oxygen atoms in total. The summed E-state index contributed by atoms with van der Waals surface area (Å²) in [5.74, 6) is 0.910. The third-order valence-electron chi connectivity index (χ3n) is 2.75. The number of hydrogen-bond acceptors (Lipinski definition) is 2. The lowest BCUT2D eigenvalue weighted by atomic mass is 10.0. The highest BCUT2D eigenvalue weighted by molar-refractivity contribution is 7.08. The highest BCUT2D eigenvalue weighted by Gasteiger charge is 2.32. The molecule has 1 aliphatic carbocycles. The molecule has 1 aliphatic rings. The van der Waals surface area contributed by atoms with E-state index >= 15 is 0 Å². The van der Waals surface area contributed by atoms with Gasteiger partial charge in [0.15, 0.2) is 0 Å². The van der Waals surface area contributed by atoms with Gasteiger partial charge in [-0.3, -0.25) is 0 Å². The Kier molecular flexibility index (Phi) is 2.70. The van der Waals surface area contributed by atoms with Gasteiger partial charge < -0.3 is 5.32 Å². The maximum atomic E-state index is 3.59. The second-order valence-corrected chi connectivity index (χ2v) is 4.63. The van der Waals surface area contributed by atoms with Crippen molar-refractivity contribution in [3.05, 3.63) is 21.9 Å². The monoisotopic (exact) mass is 195 g/mol. The third-order valence-corrected chi connectivity index (χ3v) is 3.63. The quantitative estimate of drug-likeness (QED) is 0.778. The van der Waals surface area contributed by atoms with Crippen molar-refractivity contribution in [3.63, 3.8) is 0 Å². The number of rotatable bonds is 4. The van der Waals surface area contributed by atoms with Crippen LogP contribution in [0.1, 0.15) is 36.9 Å². The highest BCUT2D eigenvalue weighted by atomic mass is 32.1. The average molecular weight is 195 g/mol. The van der Waals surface area contributed by atoms with E-state index in [-0.39, 0.29) is 0 Å². The zero-order chi connectivity index (χ0) is 9.26. The van der Waals surface area contributed by atoms with E-state index < -0.39 is 0 Å². The fourth-order valence-electron chi connectivity index (χ4n) is 1.87. The molecule has 0 aliphatic heterocycles. The molecule has 1 heterocycles. The van der Waals surface area contributed by atoms with Crippen molar-refractivity contribution in [1.29, 1.82) is 0 Å². The zero-order valence-corrected chi connectivity index (χ0v) is 9.16. The first kappa shape index (κ1) is 9.22. The maximum Gasteiger partial charge on any atom is 0.0359 e. The molecule has 1 saturated carbocycles. The van der Waals surface area contributed by atoms with Crippen molar-refractivity contribution < 1.29 is 0 Å². The summed E-state index contributed by atoms with van der Waals surface area (Å²) in [6.45, 7) is 5.49. The first-order chi connectivity index (χ1) is 6.33. The largest absolute Gasteiger partial charge is 0.310 e. The second-order valence-electron chi connectivity index (χ2n) is 3.88. The summed E-state index contributed by atoms with van der Waals surface area (Å²) in [5.41, 5.74) is 3.00. The molecule has 13 heavy (non-hydrogen) atoms. The van der Waals surface area contributed by atoms with E-state index in [1.165, 1.54) is 24.0 Å². The molecule has 1 aromatic heterocycles. The van der Waals surface area contributed by atoms with Crippen LogP contribution in [-0.4, -0.2) is 6.54 Å². The Hall–Kier alpha value is -0.340. The standard InChI is InChI=1S/C11H17NS/c1-3-12-11(9-4-5-9)10-7-13-6-8(10)2/h6-7,9,11-12H,3-5H2,1-2H3. The van der Waals surface area contributed by atoms with Gasteiger partial charge in [0, 0.05) is 6.04 Å². The van der Waals surface area contributed by atoms with Crippen LogP contribution in [0.2, 0.25) is 0 Å². The van der Waals surface area contributed by atoms with Gasteiger partial charge in [-0.15, -0.1) is 0 Å². The summed E-state index contributed by atoms with van der Waals surface area (Å²) < 4.78 is 0. The topological polar surface area (TPSA) is 12.0 Å². The molecule has 1 unspecified atom stereocenters. The van der Waals surface area contributed by atoms with Crippen LogP contribution in [0, 0.1) is 12.8 Å². The van der Waals surface area contributed by atoms with Gasteiger partial charge >= 0.3 is 0 Å². The summed E-state index contributed by atoms with van der Waals surface area (Å²) in [6.07, 6.45) is 2.82. The van der Waals surface area contributed by atoms with Crippen LogP contribution >= 0.6 is 11.3 Å². The Labute approximate surface area is 84.2 Å². The lowest BCUT2D eigenvalue weighted by Gasteiger charge is -2.17. The Morgan fingerprint density at radius 2 is 2.31 bits per heavy atom. The summed E-state index contributed by atoms with van der Waals surface area (Å²) in [4.78, 5) is 0. The molecular weight excluding hydrogens is 178 g/mol. The van der Waals surface area contributed by atoms with Gasteiger partial charge in [0.05, 0.1) is 0 Å². The Bertz CT molecular complexity index is 275. The van der Waals surface area contributed by atoms with E-state index in [0.29, 0.717) is 6.04 Å². The van der Waals surface area contributed by atoms with E-state index in [1.54, 1.807) is 0 Å². The van der Waals surface area contributed by atoms with E-state index in [1.807, 2.05) is 11.3 Å². The summed E-state index contributed by atoms with van der Waals surface area (Å²) in [5, 5.41) is 8.15. The zero-order valence-electron chi connectivity index (χ0n) is 8.34. The van der Waals surface area contributed by atoms with Crippen molar-refractivity contribution >= 4 is 11.3 Å². The van der Waals surface area contributed by atoms with Crippen molar-refractivity contribution in [3.8, 4) is 0 Å². The summed E-state index contributed by atoms with van der Waals surface area (Å²) >= 11 is 1.83. The van der Waals surface area contributed by atoms with Crippen molar-refractivity contribution in [1.82, 2.24) is 5.32 Å². The number of aryl methyl sites for hydroxylation is 1. The smallest absolute Gasteiger partial charge is 0.0359 e. The van der Waals surface area contributed by atoms with E-state index in [0.717, 1.165) is 12.5 Å². The van der Waals surface area contributed by atoms with Crippen molar-refractivity contribution in [2.45, 2.75) is 32.7 Å². The van der Waals surface area contributed by atoms with Crippen LogP contribution in [0.15, 0.2) is 10.8 Å². The van der Waals surface area contributed by atoms with Gasteiger partial charge in [-0.05, 0) is 54.1 Å². The summed E-state index contributed by atoms with van der Waals surface area (Å²) in [7, 11) is 0. The van der Waals surface area contributed by atoms with E-state index in [4.69, 9.17) is 0 Å². The SMILES string of the molecule is CCNC(c1cscc1C)C1CC1. The summed E-state index contributed by atoms with van der Waals surface area (Å²) in [6, 6.07) is 0.635. The molecule has 0 bridgehead atoms. The minimum atomic E-state index is 0.635. The highest BCUT2D eigenvalue weighted by Crippen LogP contribution is 2.42. The van der Waals surface area contributed by atoms with Gasteiger partial charge in [0.2, 0.25) is 0 Å². The van der Waals surface area contributed by atoms with Gasteiger partial charge in [-0.25, -0.2) is 0 Å². The number of nitrogens with one attached hydrogen (secondary N) is 1. The van der Waals surface area contributed by atoms with Crippen LogP contribution in [-0.2, 0) is 0 Å². The molecule has 2 rings (SSSR count). The van der Waals surface area contributed by atoms with Crippen LogP contribution in [0.4, 0.5) is 0 Å². The first-order valence-corrected chi connectivity index (χ1v) is 6.03. The molecule has 0 spiro atoms. The number of thiophene rings is 1. The molecule has 0 saturated heterocycles. The molecule has 1 N–H and O–H groups in total. The van der Waals surface area contributed by atoms with Gasteiger partial charge in [-0.2, -0.15) is 11.3 Å². The van der Waals surface area contributed by atoms with Gasteiger partial charge in [0.25, 0.3) is 0 Å². The maximum absolute atomic E-state index is 3.59. The van der Waals surface area contributed by atoms with Crippen LogP contribution in [0.25, 0.3) is 0 Å². The molecule has 72 valence electrons. The molecule has 1 aromatic rings. The second kappa shape index (κ2) is 3.81. The fourth-order valence-corrected chi connectivity index (χ4v) is 2.76. The molecule has 0 aromatic carbocycles. The molecule has 0 amide bonds. The average Bonchev–Trinajstić information content (AvgIpc) is 2.86. The van der Waals surface area contributed by atoms with Crippen LogP contribution in [0.5, 0.6) is 0 Å². The predicted molar refractivity (Wildman–Crippen MR) is 58.2 cm³/mol. The Balaban J connectivity index is 2.14. The molecule has 1 atom stereocenters. The van der Waals surface area contributed by atoms with Gasteiger partial charge in [0.1, 0.15) is 0 Å². The molecular formula is C11H17NS. The predicted octanol–water partition coefficient (Wildman–Crippen LogP) is 3.12. The lowest BCUT2D eigenvalue weighted by Crippen LogP contribution is -2.22. The van der Waals surface area contributed by atoms with Crippen molar-refractivity contribution in [2.75, 3.05) is 6.54 Å². The molecule has 2 heteroatoms. The molecule has 0 radical (unpaired) electrons. The fraction of sp³-hybridized carbons (Fsp3) is 0.636. The lowest BCUT2D eigenvalue weighted by molar-refractivity contribution is 0.495. The Morgan fingerprint density at radius 3 is 2.77 bits per heavy atom. The first-order valence-electron chi connectivity index (χ1n) is 5.09. The minimum Gasteiger partial charge on any atom is -0.310 e. The van der Waals surface area contributed by atoms with Crippen LogP contribution in [0.3, 0.4) is 0 Å². The van der Waals surface area contributed by atoms with E-state index in [2.05, 4.69) is 29.9 Å². The normalized spacial score (nSPS) is 18.9. The molecule has 1 fully saturated rings. The third kappa shape index (κ3) is 1.94. The van der Waals surface area contributed by atoms with Crippen molar-refractivity contribution in [2.24, 2.45) is 5.92 Å². The Morgan fingerprint density at radius 1 is 1.54 bits per heavy atom. The van der Waals surface area contributed by atoms with Gasteiger partial charge in [-0.1, -0.05) is 6.92 Å². The van der Waals surface area contributed by atoms with E-state index in [9.17, 15) is 0 Å². The minimum absolute atomic E-state index is 0.635. The number of hydrogen-bond donors (Lipinski definition) is 1. The van der Waals surface area contributed by atoms with Crippen LogP contribution < -0.4 is 5.32 Å².